The molecule has 6 nitrogen and oxygen atoms in total. The molecule has 1 rings (SSSR count). The SMILES string of the molecule is Nc1nnc(C(C=O)=NO)s1. The molecule has 0 unspecified atom stereocenters. The van der Waals surface area contributed by atoms with E-state index in [1.165, 1.54) is 0 Å². The number of oxime groups is 1. The summed E-state index contributed by atoms with van der Waals surface area (Å²) in [6, 6.07) is 0. The molecule has 0 aliphatic carbocycles. The van der Waals surface area contributed by atoms with Gasteiger partial charge in [-0.15, -0.1) is 10.2 Å². The number of hydrogen-bond donors (Lipinski definition) is 2. The lowest BCUT2D eigenvalue weighted by Crippen LogP contribution is -2.00. The summed E-state index contributed by atoms with van der Waals surface area (Å²) in [5.74, 6) is 0. The van der Waals surface area contributed by atoms with Gasteiger partial charge in [0.25, 0.3) is 0 Å². The van der Waals surface area contributed by atoms with Crippen LogP contribution in [0, 0.1) is 0 Å². The minimum absolute atomic E-state index is 0.167. The molecule has 0 aliphatic heterocycles. The molecule has 1 aromatic rings. The molecule has 0 saturated carbocycles. The van der Waals surface area contributed by atoms with Crippen LogP contribution in [0.15, 0.2) is 5.16 Å². The van der Waals surface area contributed by atoms with Gasteiger partial charge in [0.1, 0.15) is 0 Å². The van der Waals surface area contributed by atoms with Gasteiger partial charge in [-0.05, 0) is 0 Å². The molecule has 0 saturated heterocycles. The molecule has 0 aromatic carbocycles. The monoisotopic (exact) mass is 172 g/mol. The number of anilines is 1. The van der Waals surface area contributed by atoms with Crippen LogP contribution in [0.25, 0.3) is 0 Å². The molecule has 3 N–H and O–H groups in total. The van der Waals surface area contributed by atoms with E-state index in [0.717, 1.165) is 11.3 Å². The molecule has 0 aliphatic rings. The van der Waals surface area contributed by atoms with Crippen LogP contribution >= 0.6 is 11.3 Å². The van der Waals surface area contributed by atoms with Crippen LogP contribution in [0.3, 0.4) is 0 Å². The zero-order valence-corrected chi connectivity index (χ0v) is 6.08. The number of carbonyl (C=O) groups excluding carboxylic acids is 1. The lowest BCUT2D eigenvalue weighted by molar-refractivity contribution is -0.102. The summed E-state index contributed by atoms with van der Waals surface area (Å²) in [7, 11) is 0. The van der Waals surface area contributed by atoms with E-state index in [0.29, 0.717) is 6.29 Å². The highest BCUT2D eigenvalue weighted by Crippen LogP contribution is 2.10. The maximum Gasteiger partial charge on any atom is 0.203 e. The molecule has 1 aromatic heterocycles. The number of nitrogens with zero attached hydrogens (tertiary/aromatic N) is 3. The highest BCUT2D eigenvalue weighted by Gasteiger charge is 2.08. The van der Waals surface area contributed by atoms with Gasteiger partial charge in [0.05, 0.1) is 0 Å². The van der Waals surface area contributed by atoms with Crippen LogP contribution < -0.4 is 5.73 Å². The Bertz CT molecular complexity index is 294. The third-order valence-corrected chi connectivity index (χ3v) is 1.65. The number of hydrogen-bond acceptors (Lipinski definition) is 7. The molecule has 58 valence electrons. The van der Waals surface area contributed by atoms with Gasteiger partial charge >= 0.3 is 0 Å². The van der Waals surface area contributed by atoms with Gasteiger partial charge in [0, 0.05) is 0 Å². The van der Waals surface area contributed by atoms with Gasteiger partial charge in [-0.1, -0.05) is 16.5 Å². The van der Waals surface area contributed by atoms with Crippen molar-refractivity contribution in [3.63, 3.8) is 0 Å². The number of nitrogens with two attached hydrogens (primary N) is 1. The Balaban J connectivity index is 3.00. The number of carbonyl (C=O) groups is 1. The van der Waals surface area contributed by atoms with Crippen molar-refractivity contribution in [2.75, 3.05) is 5.73 Å². The first kappa shape index (κ1) is 7.61. The molecule has 0 atom stereocenters. The molecule has 7 heteroatoms. The Hall–Kier alpha value is -1.50. The molecule has 0 bridgehead atoms. The summed E-state index contributed by atoms with van der Waals surface area (Å²) in [5.41, 5.74) is 5.05. The normalized spacial score (nSPS) is 11.5. The van der Waals surface area contributed by atoms with Crippen LogP contribution in [0.5, 0.6) is 0 Å². The van der Waals surface area contributed by atoms with E-state index in [2.05, 4.69) is 15.4 Å². The summed E-state index contributed by atoms with van der Waals surface area (Å²) in [6.07, 6.45) is 0.375. The largest absolute Gasteiger partial charge is 0.410 e. The molecular weight excluding hydrogens is 168 g/mol. The second-order valence-corrected chi connectivity index (χ2v) is 2.56. The average Bonchev–Trinajstić information content (AvgIpc) is 2.39. The summed E-state index contributed by atoms with van der Waals surface area (Å²) in [5, 5.41) is 18.3. The van der Waals surface area contributed by atoms with Crippen LogP contribution in [0.1, 0.15) is 5.01 Å². The van der Waals surface area contributed by atoms with Crippen molar-refractivity contribution in [1.29, 1.82) is 0 Å². The van der Waals surface area contributed by atoms with Gasteiger partial charge in [0.2, 0.25) is 5.13 Å². The summed E-state index contributed by atoms with van der Waals surface area (Å²) in [4.78, 5) is 10.2. The van der Waals surface area contributed by atoms with Crippen molar-refractivity contribution in [2.45, 2.75) is 0 Å². The van der Waals surface area contributed by atoms with Gasteiger partial charge < -0.3 is 10.9 Å². The Morgan fingerprint density at radius 1 is 1.73 bits per heavy atom. The maximum atomic E-state index is 10.2. The molecule has 11 heavy (non-hydrogen) atoms. The number of nitrogen functional groups attached to an aromatic ring is 1. The van der Waals surface area contributed by atoms with Crippen molar-refractivity contribution < 1.29 is 10.0 Å². The molecule has 1 heterocycles. The fraction of sp³-hybridized carbons (Fsp3) is 0. The van der Waals surface area contributed by atoms with E-state index in [1.807, 2.05) is 0 Å². The second-order valence-electron chi connectivity index (χ2n) is 1.55. The Labute approximate surface area is 65.4 Å². The third-order valence-electron chi connectivity index (χ3n) is 0.879. The standard InChI is InChI=1S/C4H4N4O2S/c5-4-7-6-3(11-4)2(1-9)8-10/h1,10H,(H2,5,7). The van der Waals surface area contributed by atoms with E-state index in [1.54, 1.807) is 0 Å². The van der Waals surface area contributed by atoms with Gasteiger partial charge in [-0.2, -0.15) is 0 Å². The first-order valence-electron chi connectivity index (χ1n) is 2.54. The van der Waals surface area contributed by atoms with Crippen molar-refractivity contribution >= 4 is 28.5 Å². The van der Waals surface area contributed by atoms with E-state index in [4.69, 9.17) is 10.9 Å². The Kier molecular flexibility index (Phi) is 2.12. The smallest absolute Gasteiger partial charge is 0.203 e. The van der Waals surface area contributed by atoms with Crippen LogP contribution in [0.2, 0.25) is 0 Å². The zero-order valence-electron chi connectivity index (χ0n) is 5.26. The molecular formula is C4H4N4O2S. The van der Waals surface area contributed by atoms with E-state index in [9.17, 15) is 4.79 Å². The van der Waals surface area contributed by atoms with Gasteiger partial charge in [-0.25, -0.2) is 0 Å². The number of aromatic nitrogens is 2. The van der Waals surface area contributed by atoms with E-state index < -0.39 is 0 Å². The van der Waals surface area contributed by atoms with Crippen molar-refractivity contribution in [3.8, 4) is 0 Å². The van der Waals surface area contributed by atoms with E-state index >= 15 is 0 Å². The highest BCUT2D eigenvalue weighted by atomic mass is 32.1. The quantitative estimate of drug-likeness (QED) is 0.271. The Morgan fingerprint density at radius 3 is 2.82 bits per heavy atom. The van der Waals surface area contributed by atoms with Crippen molar-refractivity contribution in [3.05, 3.63) is 5.01 Å². The van der Waals surface area contributed by atoms with Gasteiger partial charge in [-0.3, -0.25) is 4.79 Å². The molecule has 0 amide bonds. The summed E-state index contributed by atoms with van der Waals surface area (Å²) < 4.78 is 0. The minimum Gasteiger partial charge on any atom is -0.410 e. The molecule has 0 radical (unpaired) electrons. The fourth-order valence-corrected chi connectivity index (χ4v) is 1.01. The summed E-state index contributed by atoms with van der Waals surface area (Å²) >= 11 is 0.979. The van der Waals surface area contributed by atoms with Gasteiger partial charge in [0.15, 0.2) is 17.0 Å². The van der Waals surface area contributed by atoms with Crippen LogP contribution in [-0.2, 0) is 4.79 Å². The Morgan fingerprint density at radius 2 is 2.45 bits per heavy atom. The molecule has 0 spiro atoms. The van der Waals surface area contributed by atoms with Crippen molar-refractivity contribution in [1.82, 2.24) is 10.2 Å². The fourth-order valence-electron chi connectivity index (χ4n) is 0.455. The number of rotatable bonds is 2. The first-order chi connectivity index (χ1) is 5.27. The van der Waals surface area contributed by atoms with Crippen molar-refractivity contribution in [2.24, 2.45) is 5.16 Å². The predicted molar refractivity (Wildman–Crippen MR) is 38.7 cm³/mol. The lowest BCUT2D eigenvalue weighted by Gasteiger charge is -1.83. The average molecular weight is 172 g/mol. The summed E-state index contributed by atoms with van der Waals surface area (Å²) in [6.45, 7) is 0. The van der Waals surface area contributed by atoms with Crippen LogP contribution in [0.4, 0.5) is 5.13 Å². The number of aldehydes is 1. The minimum atomic E-state index is -0.167. The molecule has 0 fully saturated rings. The van der Waals surface area contributed by atoms with E-state index in [-0.39, 0.29) is 15.9 Å². The lowest BCUT2D eigenvalue weighted by atomic mass is 10.4. The first-order valence-corrected chi connectivity index (χ1v) is 3.36. The maximum absolute atomic E-state index is 10.2. The van der Waals surface area contributed by atoms with Crippen LogP contribution in [-0.4, -0.2) is 27.4 Å². The topological polar surface area (TPSA) is 101 Å². The predicted octanol–water partition coefficient (Wildman–Crippen LogP) is -0.503. The zero-order chi connectivity index (χ0) is 8.27. The third kappa shape index (κ3) is 1.49. The highest BCUT2D eigenvalue weighted by molar-refractivity contribution is 7.17. The second kappa shape index (κ2) is 3.06.